The molecule has 0 rings (SSSR count). The number of ketones is 1. The Morgan fingerprint density at radius 3 is 2.11 bits per heavy atom. The van der Waals surface area contributed by atoms with Crippen LogP contribution < -0.4 is 0 Å². The van der Waals surface area contributed by atoms with Crippen molar-refractivity contribution in [1.29, 1.82) is 5.26 Å². The maximum absolute atomic E-state index is 11.1. The second kappa shape index (κ2) is 2.49. The predicted molar refractivity (Wildman–Crippen MR) is 21.0 cm³/mol. The third-order valence-corrected chi connectivity index (χ3v) is 0.475. The minimum atomic E-state index is -4.91. The summed E-state index contributed by atoms with van der Waals surface area (Å²) in [6.45, 7) is 0. The summed E-state index contributed by atoms with van der Waals surface area (Å²) in [7, 11) is 0. The van der Waals surface area contributed by atoms with Gasteiger partial charge in [0.1, 0.15) is 6.42 Å². The van der Waals surface area contributed by atoms with E-state index in [-0.39, 0.29) is 6.42 Å². The van der Waals surface area contributed by atoms with Crippen LogP contribution in [0.25, 0.3) is 0 Å². The number of alkyl halides is 3. The number of halogens is 3. The van der Waals surface area contributed by atoms with Gasteiger partial charge in [0.25, 0.3) is 5.78 Å². The number of nitriles is 1. The Hall–Kier alpha value is -1.05. The van der Waals surface area contributed by atoms with Crippen molar-refractivity contribution in [2.24, 2.45) is 0 Å². The summed E-state index contributed by atoms with van der Waals surface area (Å²) in [5.41, 5.74) is 0. The van der Waals surface area contributed by atoms with E-state index in [4.69, 9.17) is 5.26 Å². The average molecular weight is 136 g/mol. The molecule has 0 heterocycles. The highest BCUT2D eigenvalue weighted by atomic mass is 19.4. The second-order valence-electron chi connectivity index (χ2n) is 1.14. The second-order valence-corrected chi connectivity index (χ2v) is 1.14. The van der Waals surface area contributed by atoms with Gasteiger partial charge in [0.15, 0.2) is 0 Å². The van der Waals surface area contributed by atoms with Crippen molar-refractivity contribution in [3.63, 3.8) is 0 Å². The van der Waals surface area contributed by atoms with Crippen LogP contribution in [0.1, 0.15) is 0 Å². The van der Waals surface area contributed by atoms with Gasteiger partial charge < -0.3 is 0 Å². The van der Waals surface area contributed by atoms with Crippen molar-refractivity contribution in [1.82, 2.24) is 0 Å². The largest absolute Gasteiger partial charge is 0.451 e. The van der Waals surface area contributed by atoms with E-state index in [1.807, 2.05) is 0 Å². The van der Waals surface area contributed by atoms with Crippen LogP contribution in [0.3, 0.4) is 0 Å². The summed E-state index contributed by atoms with van der Waals surface area (Å²) in [4.78, 5) is 9.66. The summed E-state index contributed by atoms with van der Waals surface area (Å²) >= 11 is 0. The number of nitrogens with zero attached hydrogens (tertiary/aromatic N) is 1. The lowest BCUT2D eigenvalue weighted by molar-refractivity contribution is -0.166. The van der Waals surface area contributed by atoms with Crippen molar-refractivity contribution in [2.45, 2.75) is 6.18 Å². The van der Waals surface area contributed by atoms with Gasteiger partial charge in [0.2, 0.25) is 0 Å². The van der Waals surface area contributed by atoms with Gasteiger partial charge in [-0.3, -0.25) is 4.79 Å². The van der Waals surface area contributed by atoms with Crippen molar-refractivity contribution < 1.29 is 18.0 Å². The minimum Gasteiger partial charge on any atom is -0.288 e. The molecule has 9 heavy (non-hydrogen) atoms. The third-order valence-electron chi connectivity index (χ3n) is 0.475. The van der Waals surface area contributed by atoms with Gasteiger partial charge in [-0.1, -0.05) is 0 Å². The summed E-state index contributed by atoms with van der Waals surface area (Å²) in [6, 6.07) is 0.979. The number of rotatable bonds is 1. The van der Waals surface area contributed by atoms with E-state index in [1.54, 1.807) is 0 Å². The van der Waals surface area contributed by atoms with E-state index in [0.29, 0.717) is 0 Å². The molecule has 0 aromatic rings. The Labute approximate surface area is 48.9 Å². The molecule has 0 aromatic carbocycles. The van der Waals surface area contributed by atoms with Crippen LogP contribution in [-0.2, 0) is 4.79 Å². The first-order valence-corrected chi connectivity index (χ1v) is 1.82. The quantitative estimate of drug-likeness (QED) is 0.536. The average Bonchev–Trinajstić information content (AvgIpc) is 1.64. The highest BCUT2D eigenvalue weighted by Gasteiger charge is 2.37. The normalized spacial score (nSPS) is 10.4. The van der Waals surface area contributed by atoms with E-state index in [9.17, 15) is 18.0 Å². The zero-order valence-electron chi connectivity index (χ0n) is 4.07. The van der Waals surface area contributed by atoms with Gasteiger partial charge in [-0.05, 0) is 0 Å². The Morgan fingerprint density at radius 1 is 1.56 bits per heavy atom. The Morgan fingerprint density at radius 2 is 2.00 bits per heavy atom. The molecule has 2 nitrogen and oxygen atoms in total. The van der Waals surface area contributed by atoms with Crippen molar-refractivity contribution in [3.05, 3.63) is 6.42 Å². The van der Waals surface area contributed by atoms with Crippen LogP contribution in [0.4, 0.5) is 13.2 Å². The van der Waals surface area contributed by atoms with E-state index >= 15 is 0 Å². The SMILES string of the molecule is N#C[CH]C(=O)C(F)(F)F. The summed E-state index contributed by atoms with van der Waals surface area (Å²) in [6.07, 6.45) is -4.99. The van der Waals surface area contributed by atoms with E-state index < -0.39 is 12.0 Å². The Bertz CT molecular complexity index is 154. The molecule has 0 saturated carbocycles. The van der Waals surface area contributed by atoms with E-state index in [0.717, 1.165) is 6.07 Å². The van der Waals surface area contributed by atoms with Crippen LogP contribution in [0.15, 0.2) is 0 Å². The molecular weight excluding hydrogens is 135 g/mol. The van der Waals surface area contributed by atoms with Gasteiger partial charge in [0.05, 0.1) is 6.07 Å². The molecule has 49 valence electrons. The molecule has 1 radical (unpaired) electrons. The number of carbonyl (C=O) groups is 1. The smallest absolute Gasteiger partial charge is 0.288 e. The lowest BCUT2D eigenvalue weighted by atomic mass is 10.3. The lowest BCUT2D eigenvalue weighted by Gasteiger charge is -1.97. The summed E-state index contributed by atoms with van der Waals surface area (Å²) < 4.78 is 33.3. The Kier molecular flexibility index (Phi) is 2.20. The zero-order chi connectivity index (χ0) is 7.49. The van der Waals surface area contributed by atoms with Crippen molar-refractivity contribution in [3.8, 4) is 6.07 Å². The summed E-state index contributed by atoms with van der Waals surface area (Å²) in [5, 5.41) is 7.57. The predicted octanol–water partition coefficient (Wildman–Crippen LogP) is 0.846. The van der Waals surface area contributed by atoms with Gasteiger partial charge in [-0.15, -0.1) is 0 Å². The van der Waals surface area contributed by atoms with Crippen molar-refractivity contribution >= 4 is 5.78 Å². The molecule has 0 saturated heterocycles. The number of hydrogen-bond acceptors (Lipinski definition) is 2. The first kappa shape index (κ1) is 7.95. The molecule has 0 aromatic heterocycles. The molecule has 0 spiro atoms. The highest BCUT2D eigenvalue weighted by molar-refractivity contribution is 5.94. The molecule has 0 amide bonds. The van der Waals surface area contributed by atoms with Crippen molar-refractivity contribution in [2.75, 3.05) is 0 Å². The fraction of sp³-hybridized carbons (Fsp3) is 0.250. The molecule has 0 atom stereocenters. The number of carbonyl (C=O) groups excluding carboxylic acids is 1. The highest BCUT2D eigenvalue weighted by Crippen LogP contribution is 2.16. The van der Waals surface area contributed by atoms with Gasteiger partial charge in [-0.25, -0.2) is 0 Å². The van der Waals surface area contributed by atoms with Crippen LogP contribution >= 0.6 is 0 Å². The Balaban J connectivity index is 3.93. The fourth-order valence-electron chi connectivity index (χ4n) is 0.140. The molecule has 0 bridgehead atoms. The molecular formula is C4HF3NO. The molecule has 0 N–H and O–H groups in total. The van der Waals surface area contributed by atoms with Crippen LogP contribution in [0, 0.1) is 17.8 Å². The van der Waals surface area contributed by atoms with Crippen LogP contribution in [-0.4, -0.2) is 12.0 Å². The lowest BCUT2D eigenvalue weighted by Crippen LogP contribution is -2.22. The standard InChI is InChI=1S/C4HF3NO/c5-4(6,7)3(9)1-2-8/h1H. The minimum absolute atomic E-state index is 0.0833. The number of hydrogen-bond donors (Lipinski definition) is 0. The first-order chi connectivity index (χ1) is 3.98. The molecule has 0 unspecified atom stereocenters. The number of Topliss-reactive ketones (excluding diaryl/α,β-unsaturated/α-hetero) is 1. The van der Waals surface area contributed by atoms with Crippen LogP contribution in [0.2, 0.25) is 0 Å². The third kappa shape index (κ3) is 2.69. The van der Waals surface area contributed by atoms with Gasteiger partial charge >= 0.3 is 6.18 Å². The maximum Gasteiger partial charge on any atom is 0.451 e. The van der Waals surface area contributed by atoms with Gasteiger partial charge in [0, 0.05) is 0 Å². The molecule has 0 aliphatic heterocycles. The maximum atomic E-state index is 11.1. The topological polar surface area (TPSA) is 40.9 Å². The van der Waals surface area contributed by atoms with Crippen LogP contribution in [0.5, 0.6) is 0 Å². The van der Waals surface area contributed by atoms with E-state index in [2.05, 4.69) is 0 Å². The first-order valence-electron chi connectivity index (χ1n) is 1.82. The van der Waals surface area contributed by atoms with Gasteiger partial charge in [-0.2, -0.15) is 18.4 Å². The zero-order valence-corrected chi connectivity index (χ0v) is 4.07. The molecule has 5 heteroatoms. The van der Waals surface area contributed by atoms with E-state index in [1.165, 1.54) is 0 Å². The fourth-order valence-corrected chi connectivity index (χ4v) is 0.140. The summed E-state index contributed by atoms with van der Waals surface area (Å²) in [5.74, 6) is -2.12. The molecule has 0 aliphatic carbocycles. The molecule has 0 fully saturated rings. The molecule has 0 aliphatic rings. The monoisotopic (exact) mass is 136 g/mol.